The Morgan fingerprint density at radius 2 is 1.85 bits per heavy atom. The number of carbonyl (C=O) groups is 1. The van der Waals surface area contributed by atoms with Crippen molar-refractivity contribution in [2.75, 3.05) is 6.54 Å². The molecule has 0 aliphatic rings. The lowest BCUT2D eigenvalue weighted by Crippen LogP contribution is -2.32. The lowest BCUT2D eigenvalue weighted by atomic mass is 10.2. The molecule has 6 nitrogen and oxygen atoms in total. The Hall–Kier alpha value is -2.71. The summed E-state index contributed by atoms with van der Waals surface area (Å²) in [6.07, 6.45) is -0.0367. The maximum absolute atomic E-state index is 12.9. The van der Waals surface area contributed by atoms with E-state index in [1.807, 2.05) is 30.3 Å². The molecule has 1 atom stereocenters. The molecule has 142 valence electrons. The third kappa shape index (κ3) is 4.72. The van der Waals surface area contributed by atoms with Crippen LogP contribution in [0.2, 0.25) is 0 Å². The van der Waals surface area contributed by atoms with Crippen molar-refractivity contribution >= 4 is 26.9 Å². The fourth-order valence-electron chi connectivity index (χ4n) is 2.60. The Balaban J connectivity index is 1.52. The van der Waals surface area contributed by atoms with Crippen LogP contribution in [0.4, 0.5) is 4.39 Å². The molecule has 1 unspecified atom stereocenters. The summed E-state index contributed by atoms with van der Waals surface area (Å²) in [6, 6.07) is 13.5. The number of furan rings is 1. The van der Waals surface area contributed by atoms with E-state index in [2.05, 4.69) is 10.0 Å². The molecule has 0 saturated heterocycles. The standard InChI is InChI=1S/C19H19FN2O4S/c1-13(18-12-14-4-2-3-5-17(14)26-18)22-19(23)10-11-21-27(24,25)16-8-6-15(20)7-9-16/h2-9,12-13,21H,10-11H2,1H3,(H,22,23). The van der Waals surface area contributed by atoms with Gasteiger partial charge in [-0.2, -0.15) is 0 Å². The number of nitrogens with one attached hydrogen (secondary N) is 2. The first-order valence-electron chi connectivity index (χ1n) is 8.38. The normalized spacial score (nSPS) is 12.8. The number of hydrogen-bond acceptors (Lipinski definition) is 4. The second-order valence-corrected chi connectivity index (χ2v) is 7.84. The van der Waals surface area contributed by atoms with Crippen LogP contribution in [0, 0.1) is 5.82 Å². The molecule has 0 fully saturated rings. The van der Waals surface area contributed by atoms with Gasteiger partial charge in [0.1, 0.15) is 17.2 Å². The molecule has 2 N–H and O–H groups in total. The highest BCUT2D eigenvalue weighted by Gasteiger charge is 2.16. The molecule has 1 heterocycles. The van der Waals surface area contributed by atoms with Gasteiger partial charge in [-0.05, 0) is 43.3 Å². The van der Waals surface area contributed by atoms with E-state index in [1.54, 1.807) is 6.92 Å². The van der Waals surface area contributed by atoms with Gasteiger partial charge in [0.25, 0.3) is 0 Å². The third-order valence-electron chi connectivity index (χ3n) is 4.02. The smallest absolute Gasteiger partial charge is 0.240 e. The number of amides is 1. The minimum absolute atomic E-state index is 0.0367. The number of hydrogen-bond donors (Lipinski definition) is 2. The average Bonchev–Trinajstić information content (AvgIpc) is 3.06. The van der Waals surface area contributed by atoms with Crippen molar-refractivity contribution in [3.8, 4) is 0 Å². The Labute approximate surface area is 156 Å². The van der Waals surface area contributed by atoms with Gasteiger partial charge in [-0.25, -0.2) is 17.5 Å². The quantitative estimate of drug-likeness (QED) is 0.649. The van der Waals surface area contributed by atoms with Crippen LogP contribution in [0.25, 0.3) is 11.0 Å². The van der Waals surface area contributed by atoms with E-state index >= 15 is 0 Å². The summed E-state index contributed by atoms with van der Waals surface area (Å²) in [5, 5.41) is 3.72. The largest absolute Gasteiger partial charge is 0.459 e. The first-order valence-corrected chi connectivity index (χ1v) is 9.86. The summed E-state index contributed by atoms with van der Waals surface area (Å²) in [7, 11) is -3.79. The number of halogens is 1. The molecule has 1 amide bonds. The van der Waals surface area contributed by atoms with Gasteiger partial charge in [-0.15, -0.1) is 0 Å². The molecule has 0 bridgehead atoms. The molecule has 27 heavy (non-hydrogen) atoms. The van der Waals surface area contributed by atoms with Crippen LogP contribution >= 0.6 is 0 Å². The van der Waals surface area contributed by atoms with Gasteiger partial charge in [0.05, 0.1) is 10.9 Å². The summed E-state index contributed by atoms with van der Waals surface area (Å²) in [4.78, 5) is 12.0. The van der Waals surface area contributed by atoms with E-state index < -0.39 is 15.8 Å². The highest BCUT2D eigenvalue weighted by Crippen LogP contribution is 2.23. The van der Waals surface area contributed by atoms with Crippen molar-refractivity contribution < 1.29 is 22.0 Å². The Kier molecular flexibility index (Phi) is 5.57. The first-order chi connectivity index (χ1) is 12.8. The number of benzene rings is 2. The molecule has 0 aliphatic carbocycles. The van der Waals surface area contributed by atoms with E-state index in [1.165, 1.54) is 12.1 Å². The van der Waals surface area contributed by atoms with Crippen LogP contribution in [0.1, 0.15) is 25.1 Å². The fraction of sp³-hybridized carbons (Fsp3) is 0.211. The van der Waals surface area contributed by atoms with Crippen molar-refractivity contribution in [1.82, 2.24) is 10.0 Å². The van der Waals surface area contributed by atoms with Gasteiger partial charge in [-0.3, -0.25) is 4.79 Å². The zero-order valence-electron chi connectivity index (χ0n) is 14.6. The molecule has 0 radical (unpaired) electrons. The summed E-state index contributed by atoms with van der Waals surface area (Å²) in [6.45, 7) is 1.72. The van der Waals surface area contributed by atoms with Gasteiger partial charge >= 0.3 is 0 Å². The predicted molar refractivity (Wildman–Crippen MR) is 99.0 cm³/mol. The first kappa shape index (κ1) is 19.1. The lowest BCUT2D eigenvalue weighted by molar-refractivity contribution is -0.121. The van der Waals surface area contributed by atoms with Crippen molar-refractivity contribution in [3.05, 3.63) is 66.2 Å². The topological polar surface area (TPSA) is 88.4 Å². The summed E-state index contributed by atoms with van der Waals surface area (Å²) < 4.78 is 45.1. The van der Waals surface area contributed by atoms with Crippen LogP contribution in [-0.2, 0) is 14.8 Å². The van der Waals surface area contributed by atoms with E-state index in [9.17, 15) is 17.6 Å². The molecule has 3 aromatic rings. The van der Waals surface area contributed by atoms with Crippen molar-refractivity contribution in [3.63, 3.8) is 0 Å². The molecule has 0 aliphatic heterocycles. The van der Waals surface area contributed by atoms with Crippen LogP contribution < -0.4 is 10.0 Å². The maximum atomic E-state index is 12.9. The second kappa shape index (κ2) is 7.89. The van der Waals surface area contributed by atoms with Gasteiger partial charge in [0.2, 0.25) is 15.9 Å². The predicted octanol–water partition coefficient (Wildman–Crippen LogP) is 3.12. The molecule has 8 heteroatoms. The monoisotopic (exact) mass is 390 g/mol. The van der Waals surface area contributed by atoms with Gasteiger partial charge in [0, 0.05) is 18.4 Å². The molecular formula is C19H19FN2O4S. The van der Waals surface area contributed by atoms with E-state index in [4.69, 9.17) is 4.42 Å². The van der Waals surface area contributed by atoms with E-state index in [0.717, 1.165) is 23.1 Å². The number of carbonyl (C=O) groups excluding carboxylic acids is 1. The molecule has 0 spiro atoms. The molecular weight excluding hydrogens is 371 g/mol. The van der Waals surface area contributed by atoms with E-state index in [-0.39, 0.29) is 29.8 Å². The lowest BCUT2D eigenvalue weighted by Gasteiger charge is -2.12. The maximum Gasteiger partial charge on any atom is 0.240 e. The summed E-state index contributed by atoms with van der Waals surface area (Å²) in [5.74, 6) is -0.214. The fourth-order valence-corrected chi connectivity index (χ4v) is 3.63. The molecule has 1 aromatic heterocycles. The number of rotatable bonds is 7. The highest BCUT2D eigenvalue weighted by atomic mass is 32.2. The van der Waals surface area contributed by atoms with Crippen molar-refractivity contribution in [1.29, 1.82) is 0 Å². The third-order valence-corrected chi connectivity index (χ3v) is 5.49. The second-order valence-electron chi connectivity index (χ2n) is 6.08. The van der Waals surface area contributed by atoms with Gasteiger partial charge < -0.3 is 9.73 Å². The zero-order valence-corrected chi connectivity index (χ0v) is 15.4. The van der Waals surface area contributed by atoms with Crippen LogP contribution in [0.5, 0.6) is 0 Å². The minimum atomic E-state index is -3.79. The zero-order chi connectivity index (χ0) is 19.4. The Bertz CT molecular complexity index is 1010. The minimum Gasteiger partial charge on any atom is -0.459 e. The van der Waals surface area contributed by atoms with Crippen LogP contribution in [-0.4, -0.2) is 20.9 Å². The van der Waals surface area contributed by atoms with Gasteiger partial charge in [0.15, 0.2) is 0 Å². The molecule has 3 rings (SSSR count). The van der Waals surface area contributed by atoms with Gasteiger partial charge in [-0.1, -0.05) is 18.2 Å². The Morgan fingerprint density at radius 1 is 1.15 bits per heavy atom. The summed E-state index contributed by atoms with van der Waals surface area (Å²) >= 11 is 0. The number of para-hydroxylation sites is 1. The molecule has 2 aromatic carbocycles. The van der Waals surface area contributed by atoms with Crippen molar-refractivity contribution in [2.24, 2.45) is 0 Å². The SMILES string of the molecule is CC(NC(=O)CCNS(=O)(=O)c1ccc(F)cc1)c1cc2ccccc2o1. The van der Waals surface area contributed by atoms with E-state index in [0.29, 0.717) is 5.76 Å². The molecule has 0 saturated carbocycles. The summed E-state index contributed by atoms with van der Waals surface area (Å²) in [5.41, 5.74) is 0.737. The van der Waals surface area contributed by atoms with Crippen molar-refractivity contribution in [2.45, 2.75) is 24.3 Å². The number of fused-ring (bicyclic) bond motifs is 1. The van der Waals surface area contributed by atoms with Crippen LogP contribution in [0.15, 0.2) is 63.9 Å². The number of sulfonamides is 1. The highest BCUT2D eigenvalue weighted by molar-refractivity contribution is 7.89. The Morgan fingerprint density at radius 3 is 2.56 bits per heavy atom. The average molecular weight is 390 g/mol. The van der Waals surface area contributed by atoms with Crippen LogP contribution in [0.3, 0.4) is 0 Å².